The Bertz CT molecular complexity index is 1320. The van der Waals surface area contributed by atoms with Gasteiger partial charge in [0.25, 0.3) is 0 Å². The van der Waals surface area contributed by atoms with Crippen molar-refractivity contribution in [2.45, 2.75) is 22.3 Å². The number of thioether (sulfide) groups is 2. The Kier molecular flexibility index (Phi) is 8.99. The minimum atomic E-state index is -0.160. The minimum absolute atomic E-state index is 0.144. The van der Waals surface area contributed by atoms with Gasteiger partial charge in [0.15, 0.2) is 5.82 Å². The summed E-state index contributed by atoms with van der Waals surface area (Å²) in [5.41, 5.74) is 2.69. The number of ether oxygens (including phenoxy) is 1. The molecule has 4 N–H and O–H groups in total. The lowest BCUT2D eigenvalue weighted by Gasteiger charge is -2.11. The van der Waals surface area contributed by atoms with Gasteiger partial charge in [-0.05, 0) is 48.0 Å². The number of hydrogen-bond acceptors (Lipinski definition) is 8. The highest BCUT2D eigenvalue weighted by molar-refractivity contribution is 7.99. The van der Waals surface area contributed by atoms with E-state index in [1.807, 2.05) is 72.8 Å². The summed E-state index contributed by atoms with van der Waals surface area (Å²) < 4.78 is 6.55. The number of carbonyl (C=O) groups is 1. The second kappa shape index (κ2) is 12.6. The number of hydrogen-bond donors (Lipinski definition) is 3. The van der Waals surface area contributed by atoms with E-state index in [9.17, 15) is 4.79 Å². The molecule has 0 aliphatic carbocycles. The van der Waals surface area contributed by atoms with Crippen LogP contribution < -0.4 is 21.2 Å². The molecule has 3 aromatic carbocycles. The largest absolute Gasteiger partial charge is 0.497 e. The summed E-state index contributed by atoms with van der Waals surface area (Å²) in [7, 11) is 1.62. The smallest absolute Gasteiger partial charge is 0.234 e. The molecule has 186 valence electrons. The Labute approximate surface area is 222 Å². The number of nitrogens with one attached hydrogen (secondary N) is 2. The average molecular weight is 541 g/mol. The fraction of sp³-hybridized carbons (Fsp3) is 0.160. The molecule has 0 atom stereocenters. The van der Waals surface area contributed by atoms with Gasteiger partial charge in [0.05, 0.1) is 25.1 Å². The number of amides is 1. The fourth-order valence-corrected chi connectivity index (χ4v) is 5.17. The second-order valence-corrected chi connectivity index (χ2v) is 9.93. The molecular weight excluding hydrogens is 516 g/mol. The Hall–Kier alpha value is -3.34. The zero-order valence-electron chi connectivity index (χ0n) is 19.5. The monoisotopic (exact) mass is 540 g/mol. The van der Waals surface area contributed by atoms with E-state index in [1.165, 1.54) is 16.4 Å². The molecule has 0 bridgehead atoms. The van der Waals surface area contributed by atoms with E-state index in [4.69, 9.17) is 22.2 Å². The van der Waals surface area contributed by atoms with Gasteiger partial charge in [-0.25, -0.2) is 4.68 Å². The number of methoxy groups -OCH3 is 1. The topological polar surface area (TPSA) is 107 Å². The molecule has 1 amide bonds. The zero-order valence-corrected chi connectivity index (χ0v) is 21.9. The molecule has 8 nitrogen and oxygen atoms in total. The Morgan fingerprint density at radius 1 is 1.03 bits per heavy atom. The number of halogens is 1. The summed E-state index contributed by atoms with van der Waals surface area (Å²) in [5, 5.41) is 15.7. The average Bonchev–Trinajstić information content (AvgIpc) is 3.26. The molecule has 36 heavy (non-hydrogen) atoms. The molecule has 0 saturated heterocycles. The van der Waals surface area contributed by atoms with E-state index in [-0.39, 0.29) is 11.7 Å². The first kappa shape index (κ1) is 25.7. The number of para-hydroxylation sites is 1. The van der Waals surface area contributed by atoms with Crippen molar-refractivity contribution < 1.29 is 9.53 Å². The lowest BCUT2D eigenvalue weighted by atomic mass is 10.2. The van der Waals surface area contributed by atoms with Crippen LogP contribution >= 0.6 is 35.1 Å². The van der Waals surface area contributed by atoms with Gasteiger partial charge in [0.2, 0.25) is 11.1 Å². The number of nitrogens with two attached hydrogens (primary N) is 1. The number of rotatable bonds is 11. The maximum atomic E-state index is 12.7. The van der Waals surface area contributed by atoms with E-state index in [2.05, 4.69) is 20.8 Å². The van der Waals surface area contributed by atoms with Crippen molar-refractivity contribution in [3.63, 3.8) is 0 Å². The zero-order chi connectivity index (χ0) is 25.3. The molecule has 0 aliphatic heterocycles. The predicted molar refractivity (Wildman–Crippen MR) is 147 cm³/mol. The molecule has 1 aromatic heterocycles. The summed E-state index contributed by atoms with van der Waals surface area (Å²) in [6.45, 7) is 0.388. The van der Waals surface area contributed by atoms with E-state index in [1.54, 1.807) is 18.9 Å². The summed E-state index contributed by atoms with van der Waals surface area (Å²) in [6, 6.07) is 23.0. The number of benzene rings is 3. The van der Waals surface area contributed by atoms with Gasteiger partial charge in [0, 0.05) is 21.4 Å². The van der Waals surface area contributed by atoms with Crippen molar-refractivity contribution >= 4 is 52.4 Å². The van der Waals surface area contributed by atoms with Gasteiger partial charge in [0.1, 0.15) is 5.75 Å². The number of carbonyl (C=O) groups excluding carboxylic acids is 1. The molecule has 4 rings (SSSR count). The number of nitrogen functional groups attached to an aromatic ring is 1. The third-order valence-corrected chi connectivity index (χ3v) is 7.54. The highest BCUT2D eigenvalue weighted by Gasteiger charge is 2.14. The molecule has 0 spiro atoms. The van der Waals surface area contributed by atoms with Crippen molar-refractivity contribution in [1.82, 2.24) is 14.9 Å². The summed E-state index contributed by atoms with van der Waals surface area (Å²) in [5.74, 6) is 8.16. The van der Waals surface area contributed by atoms with E-state index >= 15 is 0 Å². The van der Waals surface area contributed by atoms with Crippen LogP contribution in [-0.4, -0.2) is 33.6 Å². The van der Waals surface area contributed by atoms with Crippen LogP contribution in [0.4, 0.5) is 11.4 Å². The first-order chi connectivity index (χ1) is 17.5. The van der Waals surface area contributed by atoms with Crippen LogP contribution in [0.5, 0.6) is 5.75 Å². The third kappa shape index (κ3) is 6.87. The molecule has 0 fully saturated rings. The molecule has 0 saturated carbocycles. The van der Waals surface area contributed by atoms with Crippen LogP contribution in [0.3, 0.4) is 0 Å². The van der Waals surface area contributed by atoms with E-state index < -0.39 is 0 Å². The number of nitrogens with zero attached hydrogens (tertiary/aromatic N) is 3. The highest BCUT2D eigenvalue weighted by Crippen LogP contribution is 2.32. The summed E-state index contributed by atoms with van der Waals surface area (Å²) in [6.07, 6.45) is 0. The molecule has 4 aromatic rings. The normalized spacial score (nSPS) is 10.7. The van der Waals surface area contributed by atoms with Crippen LogP contribution in [0.2, 0.25) is 5.02 Å². The number of aromatic nitrogens is 3. The van der Waals surface area contributed by atoms with Gasteiger partial charge in [-0.15, -0.1) is 22.0 Å². The maximum absolute atomic E-state index is 12.7. The van der Waals surface area contributed by atoms with Crippen molar-refractivity contribution in [1.29, 1.82) is 0 Å². The van der Waals surface area contributed by atoms with Crippen molar-refractivity contribution in [3.8, 4) is 5.75 Å². The van der Waals surface area contributed by atoms with Crippen LogP contribution in [0.15, 0.2) is 82.8 Å². The van der Waals surface area contributed by atoms with Crippen molar-refractivity contribution in [2.24, 2.45) is 0 Å². The minimum Gasteiger partial charge on any atom is -0.497 e. The van der Waals surface area contributed by atoms with Gasteiger partial charge < -0.3 is 21.2 Å². The van der Waals surface area contributed by atoms with Gasteiger partial charge in [-0.3, -0.25) is 4.79 Å². The van der Waals surface area contributed by atoms with E-state index in [0.29, 0.717) is 23.3 Å². The molecule has 0 radical (unpaired) electrons. The maximum Gasteiger partial charge on any atom is 0.234 e. The van der Waals surface area contributed by atoms with Crippen LogP contribution in [0.25, 0.3) is 0 Å². The Morgan fingerprint density at radius 2 is 1.78 bits per heavy atom. The fourth-order valence-electron chi connectivity index (χ4n) is 3.20. The molecule has 0 unspecified atom stereocenters. The summed E-state index contributed by atoms with van der Waals surface area (Å²) in [4.78, 5) is 13.6. The van der Waals surface area contributed by atoms with E-state index in [0.717, 1.165) is 32.6 Å². The lowest BCUT2D eigenvalue weighted by Crippen LogP contribution is -2.18. The Balaban J connectivity index is 1.29. The molecule has 1 heterocycles. The first-order valence-corrected chi connectivity index (χ1v) is 13.3. The number of anilines is 2. The van der Waals surface area contributed by atoms with Crippen LogP contribution in [0.1, 0.15) is 11.4 Å². The Morgan fingerprint density at radius 3 is 2.56 bits per heavy atom. The molecule has 11 heteroatoms. The van der Waals surface area contributed by atoms with Gasteiger partial charge in [-0.2, -0.15) is 0 Å². The lowest BCUT2D eigenvalue weighted by molar-refractivity contribution is -0.113. The van der Waals surface area contributed by atoms with Crippen LogP contribution in [-0.2, 0) is 17.1 Å². The van der Waals surface area contributed by atoms with Crippen molar-refractivity contribution in [3.05, 3.63) is 89.2 Å². The van der Waals surface area contributed by atoms with Gasteiger partial charge >= 0.3 is 0 Å². The molecule has 0 aliphatic rings. The second-order valence-electron chi connectivity index (χ2n) is 7.56. The highest BCUT2D eigenvalue weighted by atomic mass is 35.5. The standard InChI is InChI=1S/C25H25ClN6O2S2/c1-34-19-12-10-18(11-13-19)28-14-23-30-31-25(32(23)27)36-16-24(33)29-21-8-4-5-9-22(21)35-15-17-6-2-3-7-20(17)26/h2-13,28H,14-16,27H2,1H3,(H,29,33). The first-order valence-electron chi connectivity index (χ1n) is 11.0. The summed E-state index contributed by atoms with van der Waals surface area (Å²) >= 11 is 9.11. The van der Waals surface area contributed by atoms with Crippen molar-refractivity contribution in [2.75, 3.05) is 29.3 Å². The SMILES string of the molecule is COc1ccc(NCc2nnc(SCC(=O)Nc3ccccc3SCc3ccccc3Cl)n2N)cc1. The quantitative estimate of drug-likeness (QED) is 0.174. The third-order valence-electron chi connectivity index (χ3n) is 5.11. The van der Waals surface area contributed by atoms with Crippen LogP contribution in [0, 0.1) is 0 Å². The van der Waals surface area contributed by atoms with Gasteiger partial charge in [-0.1, -0.05) is 53.7 Å². The predicted octanol–water partition coefficient (Wildman–Crippen LogP) is 5.29. The molecular formula is C25H25ClN6O2S2.